The summed E-state index contributed by atoms with van der Waals surface area (Å²) in [4.78, 5) is 31.0. The van der Waals surface area contributed by atoms with Gasteiger partial charge in [0.2, 0.25) is 5.13 Å². The number of aromatic nitrogens is 1. The van der Waals surface area contributed by atoms with Crippen molar-refractivity contribution in [1.29, 1.82) is 0 Å². The molecule has 1 heterocycles. The second kappa shape index (κ2) is 10.1. The van der Waals surface area contributed by atoms with Gasteiger partial charge in [-0.2, -0.15) is 10.1 Å². The molecule has 5 aromatic rings. The van der Waals surface area contributed by atoms with Crippen molar-refractivity contribution in [3.63, 3.8) is 0 Å². The molecule has 0 aliphatic heterocycles. The Balaban J connectivity index is 1.48. The number of carbonyl (C=O) groups excluding carboxylic acids is 2. The Kier molecular flexibility index (Phi) is 6.52. The quantitative estimate of drug-likeness (QED) is 0.149. The first-order valence-corrected chi connectivity index (χ1v) is 12.3. The van der Waals surface area contributed by atoms with Crippen LogP contribution in [-0.2, 0) is 0 Å². The summed E-state index contributed by atoms with van der Waals surface area (Å²) >= 11 is 1.41. The molecule has 0 saturated carbocycles. The van der Waals surface area contributed by atoms with Gasteiger partial charge in [-0.25, -0.2) is 4.98 Å². The fraction of sp³-hybridized carbons (Fsp3) is 0.0667. The van der Waals surface area contributed by atoms with Crippen LogP contribution in [0, 0.1) is 13.8 Å². The molecule has 0 aliphatic rings. The van der Waals surface area contributed by atoms with Crippen LogP contribution in [0.3, 0.4) is 0 Å². The number of benzene rings is 4. The largest absolute Gasteiger partial charge is 0.289 e. The number of anilines is 1. The fourth-order valence-electron chi connectivity index (χ4n) is 3.72. The highest BCUT2D eigenvalue weighted by Crippen LogP contribution is 2.31. The van der Waals surface area contributed by atoms with Crippen molar-refractivity contribution in [3.8, 4) is 0 Å². The second-order valence-corrected chi connectivity index (χ2v) is 9.52. The molecule has 0 atom stereocenters. The van der Waals surface area contributed by atoms with Crippen LogP contribution >= 0.6 is 11.3 Å². The zero-order valence-corrected chi connectivity index (χ0v) is 20.7. The van der Waals surface area contributed by atoms with E-state index < -0.39 is 0 Å². The summed E-state index contributed by atoms with van der Waals surface area (Å²) in [5.41, 5.74) is 5.49. The SMILES string of the molecule is Cc1ccc(/C=N/N(C(=O)c2ccc(C(=O)c3ccccc3)cc2)c2nc3ccc(C)cc3s2)cc1. The summed E-state index contributed by atoms with van der Waals surface area (Å²) < 4.78 is 0.983. The van der Waals surface area contributed by atoms with E-state index in [9.17, 15) is 9.59 Å². The Morgan fingerprint density at radius 1 is 0.778 bits per heavy atom. The third kappa shape index (κ3) is 4.99. The van der Waals surface area contributed by atoms with E-state index in [0.717, 1.165) is 26.9 Å². The van der Waals surface area contributed by atoms with Crippen molar-refractivity contribution < 1.29 is 9.59 Å². The lowest BCUT2D eigenvalue weighted by atomic mass is 10.0. The lowest BCUT2D eigenvalue weighted by Crippen LogP contribution is -2.25. The highest BCUT2D eigenvalue weighted by atomic mass is 32.1. The maximum absolute atomic E-state index is 13.6. The zero-order valence-electron chi connectivity index (χ0n) is 19.9. The Bertz CT molecular complexity index is 1570. The topological polar surface area (TPSA) is 62.6 Å². The van der Waals surface area contributed by atoms with Crippen molar-refractivity contribution in [3.05, 3.63) is 130 Å². The van der Waals surface area contributed by atoms with Gasteiger partial charge in [-0.3, -0.25) is 9.59 Å². The molecule has 176 valence electrons. The smallest absolute Gasteiger partial charge is 0.280 e. The average Bonchev–Trinajstić information content (AvgIpc) is 3.32. The molecule has 1 amide bonds. The minimum absolute atomic E-state index is 0.0922. The molecular formula is C30H23N3O2S. The van der Waals surface area contributed by atoms with E-state index in [-0.39, 0.29) is 11.7 Å². The van der Waals surface area contributed by atoms with Gasteiger partial charge in [-0.15, -0.1) is 0 Å². The Hall–Kier alpha value is -4.42. The predicted molar refractivity (Wildman–Crippen MR) is 146 cm³/mol. The molecular weight excluding hydrogens is 466 g/mol. The maximum atomic E-state index is 13.6. The first-order chi connectivity index (χ1) is 17.5. The number of fused-ring (bicyclic) bond motifs is 1. The van der Waals surface area contributed by atoms with Crippen LogP contribution in [0.1, 0.15) is 43.0 Å². The summed E-state index contributed by atoms with van der Waals surface area (Å²) in [6.07, 6.45) is 1.65. The van der Waals surface area contributed by atoms with Crippen molar-refractivity contribution in [2.75, 3.05) is 5.01 Å². The highest BCUT2D eigenvalue weighted by molar-refractivity contribution is 7.22. The van der Waals surface area contributed by atoms with Crippen LogP contribution in [0.15, 0.2) is 102 Å². The van der Waals surface area contributed by atoms with Gasteiger partial charge in [0, 0.05) is 16.7 Å². The first kappa shape index (κ1) is 23.3. The molecule has 5 rings (SSSR count). The summed E-state index contributed by atoms with van der Waals surface area (Å²) in [5, 5.41) is 6.34. The summed E-state index contributed by atoms with van der Waals surface area (Å²) in [6, 6.07) is 29.6. The van der Waals surface area contributed by atoms with Gasteiger partial charge in [-0.05, 0) is 49.2 Å². The van der Waals surface area contributed by atoms with Crippen LogP contribution in [0.5, 0.6) is 0 Å². The normalized spacial score (nSPS) is 11.2. The van der Waals surface area contributed by atoms with Crippen molar-refractivity contribution in [2.45, 2.75) is 13.8 Å². The molecule has 4 aromatic carbocycles. The molecule has 0 aliphatic carbocycles. The molecule has 6 heteroatoms. The Morgan fingerprint density at radius 3 is 2.14 bits per heavy atom. The van der Waals surface area contributed by atoms with Gasteiger partial charge in [0.15, 0.2) is 5.78 Å². The monoisotopic (exact) mass is 489 g/mol. The Morgan fingerprint density at radius 2 is 1.42 bits per heavy atom. The lowest BCUT2D eigenvalue weighted by molar-refractivity contribution is 0.0985. The molecule has 0 saturated heterocycles. The van der Waals surface area contributed by atoms with Crippen LogP contribution in [0.25, 0.3) is 10.2 Å². The molecule has 0 spiro atoms. The second-order valence-electron chi connectivity index (χ2n) is 8.51. The number of amides is 1. The van der Waals surface area contributed by atoms with E-state index >= 15 is 0 Å². The number of ketones is 1. The van der Waals surface area contributed by atoms with Gasteiger partial charge >= 0.3 is 0 Å². The van der Waals surface area contributed by atoms with Crippen LogP contribution in [-0.4, -0.2) is 22.9 Å². The predicted octanol–water partition coefficient (Wildman–Crippen LogP) is 6.83. The molecule has 0 radical (unpaired) electrons. The number of hydrazone groups is 1. The maximum Gasteiger partial charge on any atom is 0.280 e. The standard InChI is InChI=1S/C30H23N3O2S/c1-20-8-11-22(12-9-20)19-31-33(30-32-26-17-10-21(2)18-27(26)36-30)29(35)25-15-13-24(14-16-25)28(34)23-6-4-3-5-7-23/h3-19H,1-2H3/b31-19+. The number of carbonyl (C=O) groups is 2. The molecule has 5 nitrogen and oxygen atoms in total. The van der Waals surface area contributed by atoms with E-state index in [1.807, 2.05) is 74.5 Å². The van der Waals surface area contributed by atoms with Crippen LogP contribution < -0.4 is 5.01 Å². The summed E-state index contributed by atoms with van der Waals surface area (Å²) in [6.45, 7) is 4.04. The number of aryl methyl sites for hydroxylation is 2. The van der Waals surface area contributed by atoms with E-state index in [1.54, 1.807) is 42.6 Å². The third-order valence-corrected chi connectivity index (χ3v) is 6.73. The minimum atomic E-state index is -0.326. The molecule has 0 unspecified atom stereocenters. The fourth-order valence-corrected chi connectivity index (χ4v) is 4.74. The van der Waals surface area contributed by atoms with Gasteiger partial charge in [0.25, 0.3) is 5.91 Å². The Labute approximate surface area is 213 Å². The minimum Gasteiger partial charge on any atom is -0.289 e. The summed E-state index contributed by atoms with van der Waals surface area (Å²) in [7, 11) is 0. The molecule has 1 aromatic heterocycles. The number of nitrogens with zero attached hydrogens (tertiary/aromatic N) is 3. The number of thiazole rings is 1. The third-order valence-electron chi connectivity index (χ3n) is 5.74. The molecule has 36 heavy (non-hydrogen) atoms. The van der Waals surface area contributed by atoms with Gasteiger partial charge in [0.1, 0.15) is 0 Å². The number of hydrogen-bond acceptors (Lipinski definition) is 5. The van der Waals surface area contributed by atoms with Crippen molar-refractivity contribution in [2.24, 2.45) is 5.10 Å². The van der Waals surface area contributed by atoms with E-state index in [1.165, 1.54) is 16.3 Å². The van der Waals surface area contributed by atoms with Crippen LogP contribution in [0.4, 0.5) is 5.13 Å². The first-order valence-electron chi connectivity index (χ1n) is 11.5. The highest BCUT2D eigenvalue weighted by Gasteiger charge is 2.21. The van der Waals surface area contributed by atoms with Crippen molar-refractivity contribution >= 4 is 44.6 Å². The van der Waals surface area contributed by atoms with E-state index in [0.29, 0.717) is 21.8 Å². The zero-order chi connectivity index (χ0) is 25.1. The molecule has 0 bridgehead atoms. The summed E-state index contributed by atoms with van der Waals surface area (Å²) in [5.74, 6) is -0.418. The van der Waals surface area contributed by atoms with Crippen LogP contribution in [0.2, 0.25) is 0 Å². The van der Waals surface area contributed by atoms with E-state index in [2.05, 4.69) is 10.1 Å². The molecule has 0 fully saturated rings. The van der Waals surface area contributed by atoms with Gasteiger partial charge < -0.3 is 0 Å². The van der Waals surface area contributed by atoms with Gasteiger partial charge in [0.05, 0.1) is 16.4 Å². The molecule has 0 N–H and O–H groups in total. The number of rotatable bonds is 6. The van der Waals surface area contributed by atoms with Gasteiger partial charge in [-0.1, -0.05) is 89.7 Å². The lowest BCUT2D eigenvalue weighted by Gasteiger charge is -2.14. The average molecular weight is 490 g/mol. The van der Waals surface area contributed by atoms with E-state index in [4.69, 9.17) is 0 Å². The number of hydrogen-bond donors (Lipinski definition) is 0. The van der Waals surface area contributed by atoms with Crippen molar-refractivity contribution in [1.82, 2.24) is 4.98 Å².